The third kappa shape index (κ3) is 1.60. The highest BCUT2D eigenvalue weighted by atomic mass is 19.1. The first kappa shape index (κ1) is 10.9. The van der Waals surface area contributed by atoms with E-state index in [1.54, 1.807) is 6.92 Å². The van der Waals surface area contributed by atoms with Gasteiger partial charge in [-0.2, -0.15) is 0 Å². The van der Waals surface area contributed by atoms with Gasteiger partial charge in [-0.3, -0.25) is 0 Å². The van der Waals surface area contributed by atoms with Crippen LogP contribution in [0, 0.1) is 24.6 Å². The second-order valence-electron chi connectivity index (χ2n) is 5.07. The fourth-order valence-electron chi connectivity index (χ4n) is 3.09. The van der Waals surface area contributed by atoms with Gasteiger partial charge >= 0.3 is 0 Å². The number of hydrogen-bond acceptors (Lipinski definition) is 4. The highest BCUT2D eigenvalue weighted by Crippen LogP contribution is 2.35. The summed E-state index contributed by atoms with van der Waals surface area (Å²) in [5.74, 6) is 1.44. The second kappa shape index (κ2) is 3.91. The zero-order chi connectivity index (χ0) is 12.0. The van der Waals surface area contributed by atoms with E-state index in [1.165, 1.54) is 6.33 Å². The number of nitrogens with zero attached hydrogens (tertiary/aromatic N) is 3. The maximum absolute atomic E-state index is 14.0. The molecule has 1 aromatic rings. The summed E-state index contributed by atoms with van der Waals surface area (Å²) < 4.78 is 14.0. The minimum atomic E-state index is -0.271. The molecule has 92 valence electrons. The molecule has 4 nitrogen and oxygen atoms in total. The summed E-state index contributed by atoms with van der Waals surface area (Å²) in [6, 6.07) is 0.346. The first-order chi connectivity index (χ1) is 8.18. The maximum Gasteiger partial charge on any atom is 0.186 e. The molecule has 5 heteroatoms. The summed E-state index contributed by atoms with van der Waals surface area (Å²) in [5.41, 5.74) is 0.428. The predicted molar refractivity (Wildman–Crippen MR) is 63.4 cm³/mol. The number of aromatic nitrogens is 2. The average molecular weight is 236 g/mol. The Kier molecular flexibility index (Phi) is 2.50. The number of aryl methyl sites for hydroxylation is 1. The molecule has 3 heterocycles. The molecule has 2 aliphatic heterocycles. The Morgan fingerprint density at radius 1 is 1.41 bits per heavy atom. The molecule has 2 saturated heterocycles. The minimum Gasteiger partial charge on any atom is -0.351 e. The quantitative estimate of drug-likeness (QED) is 0.789. The molecule has 2 fully saturated rings. The molecule has 0 aromatic carbocycles. The lowest BCUT2D eigenvalue weighted by Crippen LogP contribution is -2.34. The summed E-state index contributed by atoms with van der Waals surface area (Å²) in [6.45, 7) is 6.82. The van der Waals surface area contributed by atoms with Gasteiger partial charge in [0.25, 0.3) is 0 Å². The summed E-state index contributed by atoms with van der Waals surface area (Å²) in [4.78, 5) is 10.1. The van der Waals surface area contributed by atoms with Gasteiger partial charge in [0, 0.05) is 25.7 Å². The number of fused-ring (bicyclic) bond motifs is 1. The standard InChI is InChI=1S/C12H17FN4/c1-7-11(13)12(16-6-15-7)17-5-9-3-14-4-10(9)8(17)2/h6,8-10,14H,3-5H2,1-2H3. The molecule has 0 spiro atoms. The number of nitrogens with one attached hydrogen (secondary N) is 1. The first-order valence-electron chi connectivity index (χ1n) is 6.13. The van der Waals surface area contributed by atoms with Crippen molar-refractivity contribution >= 4 is 5.82 Å². The number of halogens is 1. The largest absolute Gasteiger partial charge is 0.351 e. The van der Waals surface area contributed by atoms with Crippen LogP contribution in [0.4, 0.5) is 10.2 Å². The van der Waals surface area contributed by atoms with E-state index in [4.69, 9.17) is 0 Å². The Labute approximate surface area is 100 Å². The molecule has 0 radical (unpaired) electrons. The van der Waals surface area contributed by atoms with Gasteiger partial charge in [-0.25, -0.2) is 14.4 Å². The normalized spacial score (nSPS) is 31.9. The molecule has 2 aliphatic rings. The van der Waals surface area contributed by atoms with Gasteiger partial charge in [-0.15, -0.1) is 0 Å². The van der Waals surface area contributed by atoms with E-state index >= 15 is 0 Å². The van der Waals surface area contributed by atoms with Crippen molar-refractivity contribution in [3.63, 3.8) is 0 Å². The van der Waals surface area contributed by atoms with Crippen LogP contribution in [0.15, 0.2) is 6.33 Å². The van der Waals surface area contributed by atoms with Gasteiger partial charge in [0.2, 0.25) is 0 Å². The van der Waals surface area contributed by atoms with Crippen molar-refractivity contribution in [2.75, 3.05) is 24.5 Å². The summed E-state index contributed by atoms with van der Waals surface area (Å²) >= 11 is 0. The van der Waals surface area contributed by atoms with Gasteiger partial charge in [0.1, 0.15) is 6.33 Å². The molecule has 3 atom stereocenters. The van der Waals surface area contributed by atoms with Crippen LogP contribution in [-0.4, -0.2) is 35.6 Å². The van der Waals surface area contributed by atoms with Crippen LogP contribution in [0.3, 0.4) is 0 Å². The van der Waals surface area contributed by atoms with E-state index in [0.29, 0.717) is 29.4 Å². The molecule has 3 unspecified atom stereocenters. The monoisotopic (exact) mass is 236 g/mol. The predicted octanol–water partition coefficient (Wildman–Crippen LogP) is 0.968. The van der Waals surface area contributed by atoms with Crippen molar-refractivity contribution in [1.29, 1.82) is 0 Å². The fourth-order valence-corrected chi connectivity index (χ4v) is 3.09. The third-order valence-corrected chi connectivity index (χ3v) is 4.15. The lowest BCUT2D eigenvalue weighted by molar-refractivity contribution is 0.469. The third-order valence-electron chi connectivity index (χ3n) is 4.15. The Hall–Kier alpha value is -1.23. The van der Waals surface area contributed by atoms with Gasteiger partial charge in [0.15, 0.2) is 11.6 Å². The van der Waals surface area contributed by atoms with Crippen LogP contribution in [0.5, 0.6) is 0 Å². The van der Waals surface area contributed by atoms with Crippen LogP contribution in [-0.2, 0) is 0 Å². The highest BCUT2D eigenvalue weighted by molar-refractivity contribution is 5.44. The van der Waals surface area contributed by atoms with E-state index in [2.05, 4.69) is 27.1 Å². The molecular weight excluding hydrogens is 219 g/mol. The van der Waals surface area contributed by atoms with Crippen molar-refractivity contribution in [3.8, 4) is 0 Å². The van der Waals surface area contributed by atoms with Crippen LogP contribution in [0.2, 0.25) is 0 Å². The van der Waals surface area contributed by atoms with E-state index in [0.717, 1.165) is 19.6 Å². The zero-order valence-electron chi connectivity index (χ0n) is 10.2. The van der Waals surface area contributed by atoms with Crippen molar-refractivity contribution in [3.05, 3.63) is 17.8 Å². The highest BCUT2D eigenvalue weighted by Gasteiger charge is 2.43. The van der Waals surface area contributed by atoms with E-state index in [9.17, 15) is 4.39 Å². The Morgan fingerprint density at radius 3 is 3.00 bits per heavy atom. The molecule has 3 rings (SSSR count). The van der Waals surface area contributed by atoms with Gasteiger partial charge in [0.05, 0.1) is 5.69 Å². The SMILES string of the molecule is Cc1ncnc(N2CC3CNCC3C2C)c1F. The summed E-state index contributed by atoms with van der Waals surface area (Å²) in [7, 11) is 0. The molecule has 1 aromatic heterocycles. The van der Waals surface area contributed by atoms with Crippen molar-refractivity contribution in [2.24, 2.45) is 11.8 Å². The second-order valence-corrected chi connectivity index (χ2v) is 5.07. The molecular formula is C12H17FN4. The van der Waals surface area contributed by atoms with E-state index < -0.39 is 0 Å². The number of rotatable bonds is 1. The molecule has 0 saturated carbocycles. The van der Waals surface area contributed by atoms with Gasteiger partial charge in [-0.1, -0.05) is 0 Å². The maximum atomic E-state index is 14.0. The number of anilines is 1. The van der Waals surface area contributed by atoms with Crippen molar-refractivity contribution < 1.29 is 4.39 Å². The lowest BCUT2D eigenvalue weighted by Gasteiger charge is -2.25. The molecule has 0 bridgehead atoms. The van der Waals surface area contributed by atoms with Gasteiger partial charge < -0.3 is 10.2 Å². The Balaban J connectivity index is 1.93. The van der Waals surface area contributed by atoms with Crippen molar-refractivity contribution in [2.45, 2.75) is 19.9 Å². The zero-order valence-corrected chi connectivity index (χ0v) is 10.2. The summed E-state index contributed by atoms with van der Waals surface area (Å²) in [5, 5.41) is 3.40. The van der Waals surface area contributed by atoms with E-state index in [-0.39, 0.29) is 5.82 Å². The minimum absolute atomic E-state index is 0.271. The first-order valence-corrected chi connectivity index (χ1v) is 6.13. The van der Waals surface area contributed by atoms with Gasteiger partial charge in [-0.05, 0) is 25.7 Å². The summed E-state index contributed by atoms with van der Waals surface area (Å²) in [6.07, 6.45) is 1.45. The Morgan fingerprint density at radius 2 is 2.24 bits per heavy atom. The van der Waals surface area contributed by atoms with Crippen LogP contribution in [0.25, 0.3) is 0 Å². The number of hydrogen-bond donors (Lipinski definition) is 1. The lowest BCUT2D eigenvalue weighted by atomic mass is 9.95. The van der Waals surface area contributed by atoms with E-state index in [1.807, 2.05) is 0 Å². The fraction of sp³-hybridized carbons (Fsp3) is 0.667. The molecule has 17 heavy (non-hydrogen) atoms. The van der Waals surface area contributed by atoms with Crippen molar-refractivity contribution in [1.82, 2.24) is 15.3 Å². The van der Waals surface area contributed by atoms with Crippen LogP contribution >= 0.6 is 0 Å². The molecule has 0 amide bonds. The smallest absolute Gasteiger partial charge is 0.186 e. The average Bonchev–Trinajstić information content (AvgIpc) is 2.87. The van der Waals surface area contributed by atoms with Crippen LogP contribution in [0.1, 0.15) is 12.6 Å². The topological polar surface area (TPSA) is 41.1 Å². The Bertz CT molecular complexity index is 437. The molecule has 1 N–H and O–H groups in total. The van der Waals surface area contributed by atoms with Crippen LogP contribution < -0.4 is 10.2 Å². The molecule has 0 aliphatic carbocycles.